The molecule has 4 amide bonds. The number of benzene rings is 2. The number of likely N-dealkylation sites (N-methyl/N-ethyl adjacent to an activating group) is 1. The third kappa shape index (κ3) is 7.66. The largest absolute Gasteiger partial charge is 0.465 e. The van der Waals surface area contributed by atoms with E-state index in [1.807, 2.05) is 34.2 Å². The van der Waals surface area contributed by atoms with Gasteiger partial charge >= 0.3 is 12.2 Å². The van der Waals surface area contributed by atoms with Gasteiger partial charge in [-0.3, -0.25) is 14.5 Å². The molecular formula is C46H52N8O8. The fourth-order valence-electron chi connectivity index (χ4n) is 10.7. The molecule has 62 heavy (non-hydrogen) atoms. The number of alkyl carbamates (subject to hydrolysis) is 1. The number of nitrogens with one attached hydrogen (secondary N) is 3. The van der Waals surface area contributed by atoms with Crippen molar-refractivity contribution in [3.8, 4) is 23.1 Å². The van der Waals surface area contributed by atoms with E-state index in [1.165, 1.54) is 19.1 Å². The molecule has 16 heteroatoms. The van der Waals surface area contributed by atoms with E-state index in [2.05, 4.69) is 50.3 Å². The number of piperidine rings is 2. The molecule has 2 saturated carbocycles. The Morgan fingerprint density at radius 2 is 1.42 bits per heavy atom. The minimum atomic E-state index is -1.10. The van der Waals surface area contributed by atoms with E-state index in [0.29, 0.717) is 75.5 Å². The van der Waals surface area contributed by atoms with E-state index in [4.69, 9.17) is 19.2 Å². The Bertz CT molecular complexity index is 2440. The normalized spacial score (nSPS) is 26.5. The molecule has 0 bridgehead atoms. The van der Waals surface area contributed by atoms with Crippen molar-refractivity contribution in [1.82, 2.24) is 40.0 Å². The monoisotopic (exact) mass is 844 g/mol. The van der Waals surface area contributed by atoms with Gasteiger partial charge in [0.2, 0.25) is 11.8 Å². The van der Waals surface area contributed by atoms with Crippen molar-refractivity contribution in [1.29, 1.82) is 0 Å². The molecule has 8 atom stereocenters. The highest BCUT2D eigenvalue weighted by Gasteiger charge is 2.58. The van der Waals surface area contributed by atoms with E-state index >= 15 is 0 Å². The third-order valence-electron chi connectivity index (χ3n) is 14.2. The van der Waals surface area contributed by atoms with Gasteiger partial charge in [-0.15, -0.1) is 0 Å². The summed E-state index contributed by atoms with van der Waals surface area (Å²) in [7, 11) is 2.81. The Hall–Kier alpha value is -5.92. The number of amides is 4. The van der Waals surface area contributed by atoms with Crippen LogP contribution >= 0.6 is 0 Å². The number of fused-ring (bicyclic) bond motifs is 3. The van der Waals surface area contributed by atoms with Crippen LogP contribution in [0.25, 0.3) is 22.0 Å². The molecule has 2 aromatic carbocycles. The summed E-state index contributed by atoms with van der Waals surface area (Å²) in [5.41, 5.74) is 3.30. The van der Waals surface area contributed by atoms with Crippen LogP contribution in [0, 0.1) is 35.5 Å². The van der Waals surface area contributed by atoms with E-state index in [-0.39, 0.29) is 47.8 Å². The number of carbonyl (C=O) groups excluding carboxylic acids is 3. The molecule has 0 radical (unpaired) electrons. The molecule has 324 valence electrons. The lowest BCUT2D eigenvalue weighted by Gasteiger charge is -2.38. The molecule has 4 saturated heterocycles. The van der Waals surface area contributed by atoms with E-state index < -0.39 is 24.3 Å². The molecule has 2 unspecified atom stereocenters. The van der Waals surface area contributed by atoms with Gasteiger partial charge in [-0.25, -0.2) is 19.6 Å². The lowest BCUT2D eigenvalue weighted by atomic mass is 9.89. The Morgan fingerprint density at radius 3 is 2.10 bits per heavy atom. The number of carbonyl (C=O) groups is 4. The number of nitrogens with zero attached hydrogens (tertiary/aromatic N) is 5. The number of hydrogen-bond acceptors (Lipinski definition) is 9. The summed E-state index contributed by atoms with van der Waals surface area (Å²) in [6.45, 7) is 2.16. The summed E-state index contributed by atoms with van der Waals surface area (Å²) in [6.07, 6.45) is 7.99. The van der Waals surface area contributed by atoms with Crippen LogP contribution < -0.4 is 5.32 Å². The van der Waals surface area contributed by atoms with Gasteiger partial charge in [-0.2, -0.15) is 0 Å². The minimum absolute atomic E-state index is 0.0339. The zero-order valence-electron chi connectivity index (χ0n) is 34.9. The topological polar surface area (TPSA) is 195 Å². The van der Waals surface area contributed by atoms with Crippen molar-refractivity contribution in [3.63, 3.8) is 0 Å². The van der Waals surface area contributed by atoms with Crippen molar-refractivity contribution in [3.05, 3.63) is 71.7 Å². The maximum atomic E-state index is 14.3. The van der Waals surface area contributed by atoms with Gasteiger partial charge in [0, 0.05) is 56.7 Å². The first-order valence-electron chi connectivity index (χ1n) is 21.9. The Kier molecular flexibility index (Phi) is 10.6. The van der Waals surface area contributed by atoms with Crippen LogP contribution in [0.5, 0.6) is 0 Å². The zero-order valence-corrected chi connectivity index (χ0v) is 34.9. The van der Waals surface area contributed by atoms with Crippen molar-refractivity contribution in [2.75, 3.05) is 40.6 Å². The van der Waals surface area contributed by atoms with Gasteiger partial charge in [0.05, 0.1) is 37.3 Å². The molecule has 10 rings (SSSR count). The van der Waals surface area contributed by atoms with Gasteiger partial charge in [0.25, 0.3) is 0 Å². The summed E-state index contributed by atoms with van der Waals surface area (Å²) >= 11 is 0. The molecule has 6 aliphatic rings. The maximum absolute atomic E-state index is 14.3. The fraction of sp³-hybridized carbons (Fsp3) is 0.522. The fourth-order valence-corrected chi connectivity index (χ4v) is 10.7. The predicted molar refractivity (Wildman–Crippen MR) is 224 cm³/mol. The molecule has 6 fully saturated rings. The van der Waals surface area contributed by atoms with Crippen LogP contribution in [-0.2, 0) is 23.8 Å². The standard InChI is InChI=1S/C46H52N8O8/c1-52(46(58)59)40(27-11-15-62-16-12-27)44(56)54-36-20-32(36)22-38(54)42-48-24-34(50-42)30-7-6-28-17-25(3-5-29(28)18-30)4-8-33-23-47-41(49-33)37-21-31-19-35(31)53(37)43(55)39(51-45(57)60-2)26-9-13-61-14-10-26/h3,5-7,17-18,23-24,26-27,31-32,35-40H,9-16,19-22H2,1-2H3,(H,47,49)(H,48,50)(H,51,57)(H,58,59)/t31-,32+,35+,36+,37-,38-,39?,40?/m0/s1. The third-order valence-corrected chi connectivity index (χ3v) is 14.2. The summed E-state index contributed by atoms with van der Waals surface area (Å²) in [5, 5.41) is 14.8. The van der Waals surface area contributed by atoms with E-state index in [9.17, 15) is 24.3 Å². The van der Waals surface area contributed by atoms with Crippen LogP contribution in [-0.4, -0.2) is 128 Å². The number of aromatic nitrogens is 4. The van der Waals surface area contributed by atoms with Crippen molar-refractivity contribution < 1.29 is 38.5 Å². The highest BCUT2D eigenvalue weighted by atomic mass is 16.5. The molecule has 6 heterocycles. The molecule has 4 aliphatic heterocycles. The van der Waals surface area contributed by atoms with Crippen LogP contribution in [0.1, 0.15) is 86.4 Å². The van der Waals surface area contributed by atoms with E-state index in [0.717, 1.165) is 59.1 Å². The van der Waals surface area contributed by atoms with Crippen LogP contribution in [0.2, 0.25) is 0 Å². The number of H-pyrrole nitrogens is 2. The van der Waals surface area contributed by atoms with Gasteiger partial charge in [0.15, 0.2) is 0 Å². The Balaban J connectivity index is 0.824. The quantitative estimate of drug-likeness (QED) is 0.162. The molecule has 4 N–H and O–H groups in total. The van der Waals surface area contributed by atoms with E-state index in [1.54, 1.807) is 6.20 Å². The second-order valence-corrected chi connectivity index (χ2v) is 17.9. The first-order valence-corrected chi connectivity index (χ1v) is 21.9. The van der Waals surface area contributed by atoms with Gasteiger partial charge < -0.3 is 44.4 Å². The van der Waals surface area contributed by atoms with Gasteiger partial charge in [0.1, 0.15) is 29.4 Å². The molecule has 16 nitrogen and oxygen atoms in total. The lowest BCUT2D eigenvalue weighted by molar-refractivity contribution is -0.141. The number of aromatic amines is 2. The van der Waals surface area contributed by atoms with Crippen molar-refractivity contribution >= 4 is 34.8 Å². The van der Waals surface area contributed by atoms with Crippen LogP contribution in [0.3, 0.4) is 0 Å². The average Bonchev–Trinajstić information content (AvgIpc) is 3.89. The number of carboxylic acid groups (broad SMARTS) is 1. The van der Waals surface area contributed by atoms with Gasteiger partial charge in [-0.05, 0) is 110 Å². The molecule has 2 aromatic heterocycles. The molecule has 0 spiro atoms. The summed E-state index contributed by atoms with van der Waals surface area (Å²) < 4.78 is 16.0. The number of rotatable bonds is 9. The first-order chi connectivity index (χ1) is 30.1. The number of likely N-dealkylation sites (tertiary alicyclic amines) is 2. The second-order valence-electron chi connectivity index (χ2n) is 17.9. The zero-order chi connectivity index (χ0) is 42.6. The predicted octanol–water partition coefficient (Wildman–Crippen LogP) is 5.23. The van der Waals surface area contributed by atoms with Crippen LogP contribution in [0.15, 0.2) is 48.8 Å². The average molecular weight is 845 g/mol. The molecule has 4 aromatic rings. The second kappa shape index (κ2) is 16.4. The number of hydrogen-bond donors (Lipinski definition) is 4. The number of methoxy groups -OCH3 is 1. The van der Waals surface area contributed by atoms with Crippen LogP contribution in [0.4, 0.5) is 9.59 Å². The smallest absolute Gasteiger partial charge is 0.407 e. The van der Waals surface area contributed by atoms with Crippen molar-refractivity contribution in [2.24, 2.45) is 23.7 Å². The SMILES string of the molecule is COC(=O)NC(C(=O)N1[C@@H]2C[C@H]2C[C@H]1c1ncc(C#Cc2ccc3cc(-c4cnc([C@@H]5C[C@H]6C[C@H]6N5C(=O)C(C5CCOCC5)N(C)C(=O)O)[nH]4)ccc3c2)[nH]1)C1CCOCC1. The van der Waals surface area contributed by atoms with Crippen molar-refractivity contribution in [2.45, 2.75) is 87.6 Å². The molecule has 2 aliphatic carbocycles. The highest BCUT2D eigenvalue weighted by Crippen LogP contribution is 2.55. The Labute approximate surface area is 359 Å². The minimum Gasteiger partial charge on any atom is -0.465 e. The summed E-state index contributed by atoms with van der Waals surface area (Å²) in [5.74, 6) is 8.37. The summed E-state index contributed by atoms with van der Waals surface area (Å²) in [4.78, 5) is 74.3. The number of ether oxygens (including phenoxy) is 3. The van der Waals surface area contributed by atoms with Gasteiger partial charge in [-0.1, -0.05) is 24.1 Å². The summed E-state index contributed by atoms with van der Waals surface area (Å²) in [6, 6.07) is 10.6. The first kappa shape index (κ1) is 40.2. The Morgan fingerprint density at radius 1 is 0.806 bits per heavy atom. The maximum Gasteiger partial charge on any atom is 0.407 e. The lowest BCUT2D eigenvalue weighted by Crippen LogP contribution is -2.54. The molecular weight excluding hydrogens is 793 g/mol. The highest BCUT2D eigenvalue weighted by molar-refractivity contribution is 5.89. The number of imidazole rings is 2.